The Morgan fingerprint density at radius 3 is 2.67 bits per heavy atom. The Morgan fingerprint density at radius 1 is 1.43 bits per heavy atom. The lowest BCUT2D eigenvalue weighted by molar-refractivity contribution is -0.141. The van der Waals surface area contributed by atoms with E-state index in [4.69, 9.17) is 5.11 Å². The van der Waals surface area contributed by atoms with Gasteiger partial charge in [0.15, 0.2) is 0 Å². The molecule has 0 radical (unpaired) electrons. The first-order chi connectivity index (χ1) is 9.38. The maximum absolute atomic E-state index is 12.0. The number of amides is 1. The molecule has 1 aromatic rings. The predicted octanol–water partition coefficient (Wildman–Crippen LogP) is -0.346. The van der Waals surface area contributed by atoms with Crippen LogP contribution in [-0.2, 0) is 16.1 Å². The molecule has 1 aliphatic rings. The number of nitrogens with one attached hydrogen (secondary N) is 1. The standard InChI is InChI=1S/C11H12BrN3O5.ClH/c12-7-4-15(11(20)13-9(7)17)5-8(16)14-2-1-6(3-14)10(18)19;/h4,6H,1-3,5H2,(H,18,19)(H,13,17,20);1H. The molecule has 0 bridgehead atoms. The van der Waals surface area contributed by atoms with Crippen LogP contribution in [0.4, 0.5) is 0 Å². The van der Waals surface area contributed by atoms with Gasteiger partial charge in [0.1, 0.15) is 6.54 Å². The lowest BCUT2D eigenvalue weighted by atomic mass is 10.1. The van der Waals surface area contributed by atoms with Crippen LogP contribution < -0.4 is 11.2 Å². The molecule has 2 heterocycles. The summed E-state index contributed by atoms with van der Waals surface area (Å²) in [5.41, 5.74) is -1.24. The third-order valence-electron chi connectivity index (χ3n) is 3.16. The van der Waals surface area contributed by atoms with Crippen LogP contribution >= 0.6 is 28.3 Å². The summed E-state index contributed by atoms with van der Waals surface area (Å²) >= 11 is 2.98. The molecule has 1 fully saturated rings. The van der Waals surface area contributed by atoms with Gasteiger partial charge in [-0.1, -0.05) is 0 Å². The van der Waals surface area contributed by atoms with E-state index in [1.807, 2.05) is 0 Å². The normalized spacial score (nSPS) is 17.4. The van der Waals surface area contributed by atoms with Crippen molar-refractivity contribution in [2.75, 3.05) is 13.1 Å². The summed E-state index contributed by atoms with van der Waals surface area (Å²) in [6.07, 6.45) is 1.65. The Morgan fingerprint density at radius 2 is 2.10 bits per heavy atom. The molecule has 0 aliphatic carbocycles. The van der Waals surface area contributed by atoms with Gasteiger partial charge in [-0.15, -0.1) is 12.4 Å². The van der Waals surface area contributed by atoms with Crippen molar-refractivity contribution in [1.29, 1.82) is 0 Å². The van der Waals surface area contributed by atoms with Crippen molar-refractivity contribution in [3.05, 3.63) is 31.5 Å². The number of nitrogens with zero attached hydrogens (tertiary/aromatic N) is 2. The Hall–Kier alpha value is -1.61. The summed E-state index contributed by atoms with van der Waals surface area (Å²) < 4.78 is 1.22. The first-order valence-electron chi connectivity index (χ1n) is 5.88. The van der Waals surface area contributed by atoms with E-state index in [1.165, 1.54) is 11.1 Å². The van der Waals surface area contributed by atoms with E-state index in [0.29, 0.717) is 13.0 Å². The fourth-order valence-corrected chi connectivity index (χ4v) is 2.38. The van der Waals surface area contributed by atoms with E-state index in [9.17, 15) is 19.2 Å². The molecule has 2 N–H and O–H groups in total. The quantitative estimate of drug-likeness (QED) is 0.742. The van der Waals surface area contributed by atoms with E-state index in [-0.39, 0.29) is 35.9 Å². The fourth-order valence-electron chi connectivity index (χ4n) is 2.03. The van der Waals surface area contributed by atoms with Gasteiger partial charge in [0.25, 0.3) is 5.56 Å². The van der Waals surface area contributed by atoms with Crippen LogP contribution in [0.5, 0.6) is 0 Å². The van der Waals surface area contributed by atoms with Crippen LogP contribution in [0.25, 0.3) is 0 Å². The second-order valence-corrected chi connectivity index (χ2v) is 5.38. The summed E-state index contributed by atoms with van der Waals surface area (Å²) in [6.45, 7) is 0.267. The maximum Gasteiger partial charge on any atom is 0.328 e. The van der Waals surface area contributed by atoms with Gasteiger partial charge in [0, 0.05) is 19.3 Å². The summed E-state index contributed by atoms with van der Waals surface area (Å²) in [5.74, 6) is -1.84. The van der Waals surface area contributed by atoms with Gasteiger partial charge in [-0.05, 0) is 22.4 Å². The number of aromatic nitrogens is 2. The number of aliphatic carboxylic acids is 1. The van der Waals surface area contributed by atoms with Crippen LogP contribution in [0.1, 0.15) is 6.42 Å². The van der Waals surface area contributed by atoms with Gasteiger partial charge >= 0.3 is 11.7 Å². The van der Waals surface area contributed by atoms with Crippen molar-refractivity contribution >= 4 is 40.2 Å². The lowest BCUT2D eigenvalue weighted by Gasteiger charge is -2.16. The largest absolute Gasteiger partial charge is 0.481 e. The molecular formula is C11H13BrClN3O5. The maximum atomic E-state index is 12.0. The molecule has 116 valence electrons. The molecule has 1 unspecified atom stereocenters. The van der Waals surface area contributed by atoms with E-state index in [1.54, 1.807) is 0 Å². The van der Waals surface area contributed by atoms with Crippen LogP contribution in [-0.4, -0.2) is 44.5 Å². The van der Waals surface area contributed by atoms with Gasteiger partial charge in [0.2, 0.25) is 5.91 Å². The third kappa shape index (κ3) is 3.94. The molecule has 1 saturated heterocycles. The molecule has 0 spiro atoms. The van der Waals surface area contributed by atoms with Crippen molar-refractivity contribution in [3.8, 4) is 0 Å². The monoisotopic (exact) mass is 381 g/mol. The van der Waals surface area contributed by atoms with Crippen LogP contribution in [0.2, 0.25) is 0 Å². The molecule has 1 atom stereocenters. The number of aromatic amines is 1. The highest BCUT2D eigenvalue weighted by atomic mass is 79.9. The second kappa shape index (κ2) is 6.90. The van der Waals surface area contributed by atoms with Gasteiger partial charge in [-0.3, -0.25) is 23.9 Å². The Balaban J connectivity index is 0.00000220. The number of rotatable bonds is 3. The van der Waals surface area contributed by atoms with Crippen molar-refractivity contribution in [2.45, 2.75) is 13.0 Å². The average molecular weight is 383 g/mol. The molecular weight excluding hydrogens is 369 g/mol. The van der Waals surface area contributed by atoms with E-state index in [2.05, 4.69) is 20.9 Å². The molecule has 0 aromatic carbocycles. The molecule has 1 amide bonds. The van der Waals surface area contributed by atoms with Gasteiger partial charge in [0.05, 0.1) is 10.4 Å². The molecule has 2 rings (SSSR count). The highest BCUT2D eigenvalue weighted by Gasteiger charge is 2.30. The number of hydrogen-bond donors (Lipinski definition) is 2. The minimum Gasteiger partial charge on any atom is -0.481 e. The summed E-state index contributed by atoms with van der Waals surface area (Å²) in [7, 11) is 0. The summed E-state index contributed by atoms with van der Waals surface area (Å²) in [6, 6.07) is 0. The first kappa shape index (κ1) is 17.4. The van der Waals surface area contributed by atoms with Crippen molar-refractivity contribution in [1.82, 2.24) is 14.5 Å². The number of halogens is 2. The van der Waals surface area contributed by atoms with Crippen molar-refractivity contribution in [3.63, 3.8) is 0 Å². The SMILES string of the molecule is Cl.O=C(O)C1CCN(C(=O)Cn2cc(Br)c(=O)[nH]c2=O)C1. The molecule has 8 nitrogen and oxygen atoms in total. The highest BCUT2D eigenvalue weighted by molar-refractivity contribution is 9.10. The summed E-state index contributed by atoms with van der Waals surface area (Å²) in [4.78, 5) is 49.0. The molecule has 10 heteroatoms. The lowest BCUT2D eigenvalue weighted by Crippen LogP contribution is -2.38. The van der Waals surface area contributed by atoms with Crippen molar-refractivity contribution in [2.24, 2.45) is 5.92 Å². The zero-order chi connectivity index (χ0) is 14.9. The van der Waals surface area contributed by atoms with Crippen LogP contribution in [0.15, 0.2) is 20.3 Å². The third-order valence-corrected chi connectivity index (χ3v) is 3.73. The number of carbonyl (C=O) groups is 2. The number of hydrogen-bond acceptors (Lipinski definition) is 4. The smallest absolute Gasteiger partial charge is 0.328 e. The zero-order valence-electron chi connectivity index (χ0n) is 10.7. The fraction of sp³-hybridized carbons (Fsp3) is 0.455. The topological polar surface area (TPSA) is 112 Å². The first-order valence-corrected chi connectivity index (χ1v) is 6.67. The average Bonchev–Trinajstić information content (AvgIpc) is 2.85. The molecule has 21 heavy (non-hydrogen) atoms. The van der Waals surface area contributed by atoms with Gasteiger partial charge in [-0.25, -0.2) is 4.79 Å². The molecule has 1 aromatic heterocycles. The number of H-pyrrole nitrogens is 1. The zero-order valence-corrected chi connectivity index (χ0v) is 13.1. The number of carboxylic acid groups (broad SMARTS) is 1. The summed E-state index contributed by atoms with van der Waals surface area (Å²) in [5, 5.41) is 8.87. The van der Waals surface area contributed by atoms with E-state index in [0.717, 1.165) is 4.57 Å². The van der Waals surface area contributed by atoms with Crippen LogP contribution in [0.3, 0.4) is 0 Å². The van der Waals surface area contributed by atoms with E-state index < -0.39 is 23.1 Å². The van der Waals surface area contributed by atoms with E-state index >= 15 is 0 Å². The minimum absolute atomic E-state index is 0. The second-order valence-electron chi connectivity index (χ2n) is 4.53. The van der Waals surface area contributed by atoms with Crippen molar-refractivity contribution < 1.29 is 14.7 Å². The van der Waals surface area contributed by atoms with Crippen LogP contribution in [0, 0.1) is 5.92 Å². The predicted molar refractivity (Wildman–Crippen MR) is 78.6 cm³/mol. The molecule has 1 aliphatic heterocycles. The highest BCUT2D eigenvalue weighted by Crippen LogP contribution is 2.16. The number of carboxylic acids is 1. The Kier molecular flexibility index (Phi) is 5.73. The Labute approximate surface area is 133 Å². The van der Waals surface area contributed by atoms with Gasteiger partial charge in [-0.2, -0.15) is 0 Å². The minimum atomic E-state index is -0.927. The van der Waals surface area contributed by atoms with Gasteiger partial charge < -0.3 is 10.0 Å². The number of carbonyl (C=O) groups excluding carboxylic acids is 1. The molecule has 0 saturated carbocycles. The number of likely N-dealkylation sites (tertiary alicyclic amines) is 1. The Bertz CT molecular complexity index is 671.